The molecular formula is C14H13BrClN. The minimum absolute atomic E-state index is 0.774. The molecule has 0 aliphatic heterocycles. The number of hydrogen-bond acceptors (Lipinski definition) is 1. The highest BCUT2D eigenvalue weighted by Crippen LogP contribution is 2.20. The van der Waals surface area contributed by atoms with Crippen molar-refractivity contribution in [2.45, 2.75) is 13.5 Å². The van der Waals surface area contributed by atoms with Crippen molar-refractivity contribution >= 4 is 33.2 Å². The topological polar surface area (TPSA) is 12.0 Å². The molecule has 1 N–H and O–H groups in total. The molecule has 17 heavy (non-hydrogen) atoms. The Hall–Kier alpha value is -0.990. The third-order valence-corrected chi connectivity index (χ3v) is 3.29. The van der Waals surface area contributed by atoms with E-state index in [2.05, 4.69) is 40.3 Å². The molecular weight excluding hydrogens is 298 g/mol. The van der Waals surface area contributed by atoms with Crippen LogP contribution in [-0.4, -0.2) is 0 Å². The molecule has 0 amide bonds. The SMILES string of the molecule is Cc1cc(Cl)ccc1NCc1cccc(Br)c1. The van der Waals surface area contributed by atoms with Gasteiger partial charge >= 0.3 is 0 Å². The third-order valence-electron chi connectivity index (χ3n) is 2.56. The molecule has 0 atom stereocenters. The Bertz CT molecular complexity index is 525. The van der Waals surface area contributed by atoms with Crippen LogP contribution in [0.1, 0.15) is 11.1 Å². The second-order valence-corrected chi connectivity index (χ2v) is 5.29. The van der Waals surface area contributed by atoms with E-state index in [1.807, 2.05) is 30.3 Å². The molecule has 0 radical (unpaired) electrons. The zero-order valence-corrected chi connectivity index (χ0v) is 11.8. The van der Waals surface area contributed by atoms with E-state index in [0.717, 1.165) is 27.3 Å². The highest BCUT2D eigenvalue weighted by atomic mass is 79.9. The van der Waals surface area contributed by atoms with Crippen LogP contribution >= 0.6 is 27.5 Å². The van der Waals surface area contributed by atoms with Crippen LogP contribution in [0.5, 0.6) is 0 Å². The second kappa shape index (κ2) is 5.56. The molecule has 0 aliphatic rings. The van der Waals surface area contributed by atoms with E-state index in [1.165, 1.54) is 5.56 Å². The average Bonchev–Trinajstić information content (AvgIpc) is 2.28. The summed E-state index contributed by atoms with van der Waals surface area (Å²) in [4.78, 5) is 0. The Balaban J connectivity index is 2.07. The molecule has 2 rings (SSSR count). The van der Waals surface area contributed by atoms with Gasteiger partial charge < -0.3 is 5.32 Å². The van der Waals surface area contributed by atoms with Crippen molar-refractivity contribution < 1.29 is 0 Å². The van der Waals surface area contributed by atoms with Crippen molar-refractivity contribution in [3.8, 4) is 0 Å². The summed E-state index contributed by atoms with van der Waals surface area (Å²) in [7, 11) is 0. The summed E-state index contributed by atoms with van der Waals surface area (Å²) in [5.41, 5.74) is 3.52. The molecule has 2 aromatic rings. The molecule has 0 saturated heterocycles. The highest BCUT2D eigenvalue weighted by molar-refractivity contribution is 9.10. The van der Waals surface area contributed by atoms with Gasteiger partial charge in [-0.3, -0.25) is 0 Å². The first-order valence-electron chi connectivity index (χ1n) is 5.39. The summed E-state index contributed by atoms with van der Waals surface area (Å²) in [5, 5.41) is 4.18. The van der Waals surface area contributed by atoms with Crippen LogP contribution in [0.25, 0.3) is 0 Å². The van der Waals surface area contributed by atoms with Crippen molar-refractivity contribution in [3.05, 3.63) is 63.1 Å². The van der Waals surface area contributed by atoms with E-state index < -0.39 is 0 Å². The minimum atomic E-state index is 0.774. The fourth-order valence-corrected chi connectivity index (χ4v) is 2.34. The highest BCUT2D eigenvalue weighted by Gasteiger charge is 1.99. The van der Waals surface area contributed by atoms with Crippen molar-refractivity contribution in [1.29, 1.82) is 0 Å². The zero-order chi connectivity index (χ0) is 12.3. The lowest BCUT2D eigenvalue weighted by molar-refractivity contribution is 1.14. The van der Waals surface area contributed by atoms with Crippen LogP contribution in [0.4, 0.5) is 5.69 Å². The molecule has 0 fully saturated rings. The van der Waals surface area contributed by atoms with Gasteiger partial charge in [-0.1, -0.05) is 39.7 Å². The van der Waals surface area contributed by atoms with E-state index >= 15 is 0 Å². The Morgan fingerprint density at radius 2 is 2.00 bits per heavy atom. The van der Waals surface area contributed by atoms with E-state index in [9.17, 15) is 0 Å². The van der Waals surface area contributed by atoms with Gasteiger partial charge in [-0.25, -0.2) is 0 Å². The van der Waals surface area contributed by atoms with Gasteiger partial charge in [0.1, 0.15) is 0 Å². The third kappa shape index (κ3) is 3.48. The summed E-state index contributed by atoms with van der Waals surface area (Å²) in [6.07, 6.45) is 0. The van der Waals surface area contributed by atoms with E-state index in [1.54, 1.807) is 0 Å². The molecule has 0 aromatic heterocycles. The lowest BCUT2D eigenvalue weighted by atomic mass is 10.2. The van der Waals surface area contributed by atoms with Crippen LogP contribution in [0, 0.1) is 6.92 Å². The van der Waals surface area contributed by atoms with Gasteiger partial charge in [0.05, 0.1) is 0 Å². The van der Waals surface area contributed by atoms with Gasteiger partial charge in [0.25, 0.3) is 0 Å². The molecule has 0 saturated carbocycles. The van der Waals surface area contributed by atoms with Gasteiger partial charge in [-0.2, -0.15) is 0 Å². The standard InChI is InChI=1S/C14H13BrClN/c1-10-7-13(16)5-6-14(10)17-9-11-3-2-4-12(15)8-11/h2-8,17H,9H2,1H3. The molecule has 0 bridgehead atoms. The number of halogens is 2. The predicted molar refractivity (Wildman–Crippen MR) is 77.7 cm³/mol. The van der Waals surface area contributed by atoms with Crippen molar-refractivity contribution in [1.82, 2.24) is 0 Å². The smallest absolute Gasteiger partial charge is 0.0410 e. The number of anilines is 1. The molecule has 1 nitrogen and oxygen atoms in total. The Labute approximate surface area is 115 Å². The van der Waals surface area contributed by atoms with E-state index in [0.29, 0.717) is 0 Å². The van der Waals surface area contributed by atoms with Gasteiger partial charge in [0.15, 0.2) is 0 Å². The number of rotatable bonds is 3. The quantitative estimate of drug-likeness (QED) is 0.839. The van der Waals surface area contributed by atoms with Crippen LogP contribution in [-0.2, 0) is 6.54 Å². The van der Waals surface area contributed by atoms with Gasteiger partial charge in [0.2, 0.25) is 0 Å². The molecule has 0 spiro atoms. The summed E-state index contributed by atoms with van der Waals surface area (Å²) in [5.74, 6) is 0. The molecule has 0 unspecified atom stereocenters. The zero-order valence-electron chi connectivity index (χ0n) is 9.50. The summed E-state index contributed by atoms with van der Waals surface area (Å²) >= 11 is 9.39. The number of nitrogens with one attached hydrogen (secondary N) is 1. The lowest BCUT2D eigenvalue weighted by Gasteiger charge is -2.10. The van der Waals surface area contributed by atoms with E-state index in [-0.39, 0.29) is 0 Å². The summed E-state index contributed by atoms with van der Waals surface area (Å²) in [6, 6.07) is 14.1. The fourth-order valence-electron chi connectivity index (χ4n) is 1.67. The van der Waals surface area contributed by atoms with Gasteiger partial charge in [0, 0.05) is 21.7 Å². The largest absolute Gasteiger partial charge is 0.381 e. The van der Waals surface area contributed by atoms with Crippen molar-refractivity contribution in [3.63, 3.8) is 0 Å². The maximum Gasteiger partial charge on any atom is 0.0410 e. The molecule has 0 aliphatic carbocycles. The first-order chi connectivity index (χ1) is 8.15. The van der Waals surface area contributed by atoms with Gasteiger partial charge in [-0.05, 0) is 48.4 Å². The number of benzene rings is 2. The Morgan fingerprint density at radius 1 is 1.18 bits per heavy atom. The Morgan fingerprint density at radius 3 is 2.71 bits per heavy atom. The lowest BCUT2D eigenvalue weighted by Crippen LogP contribution is -2.00. The predicted octanol–water partition coefficient (Wildman–Crippen LogP) is 5.02. The maximum atomic E-state index is 5.92. The average molecular weight is 311 g/mol. The number of hydrogen-bond donors (Lipinski definition) is 1. The molecule has 88 valence electrons. The van der Waals surface area contributed by atoms with Crippen molar-refractivity contribution in [2.24, 2.45) is 0 Å². The van der Waals surface area contributed by atoms with Crippen LogP contribution < -0.4 is 5.32 Å². The number of aryl methyl sites for hydroxylation is 1. The monoisotopic (exact) mass is 309 g/mol. The normalized spacial score (nSPS) is 10.3. The first kappa shape index (κ1) is 12.5. The van der Waals surface area contributed by atoms with Crippen LogP contribution in [0.15, 0.2) is 46.9 Å². The molecule has 3 heteroatoms. The van der Waals surface area contributed by atoms with Crippen molar-refractivity contribution in [2.75, 3.05) is 5.32 Å². The van der Waals surface area contributed by atoms with Crippen LogP contribution in [0.2, 0.25) is 5.02 Å². The second-order valence-electron chi connectivity index (χ2n) is 3.94. The van der Waals surface area contributed by atoms with Gasteiger partial charge in [-0.15, -0.1) is 0 Å². The Kier molecular flexibility index (Phi) is 4.08. The minimum Gasteiger partial charge on any atom is -0.381 e. The molecule has 0 heterocycles. The van der Waals surface area contributed by atoms with E-state index in [4.69, 9.17) is 11.6 Å². The fraction of sp³-hybridized carbons (Fsp3) is 0.143. The first-order valence-corrected chi connectivity index (χ1v) is 6.57. The maximum absolute atomic E-state index is 5.92. The molecule has 2 aromatic carbocycles. The summed E-state index contributed by atoms with van der Waals surface area (Å²) < 4.78 is 1.10. The van der Waals surface area contributed by atoms with Crippen LogP contribution in [0.3, 0.4) is 0 Å². The summed E-state index contributed by atoms with van der Waals surface area (Å²) in [6.45, 7) is 2.86.